The molecule has 3 aliphatic rings. The fraction of sp³-hybridized carbons (Fsp3) is 0.250. The molecule has 0 bridgehead atoms. The zero-order valence-corrected chi connectivity index (χ0v) is 15.4. The molecule has 0 aromatic heterocycles. The van der Waals surface area contributed by atoms with Crippen LogP contribution in [0.2, 0.25) is 0 Å². The molecule has 3 nitrogen and oxygen atoms in total. The summed E-state index contributed by atoms with van der Waals surface area (Å²) in [5, 5.41) is 0. The van der Waals surface area contributed by atoms with Crippen LogP contribution >= 0.6 is 0 Å². The van der Waals surface area contributed by atoms with E-state index in [0.717, 1.165) is 35.4 Å². The van der Waals surface area contributed by atoms with E-state index in [1.54, 1.807) is 0 Å². The van der Waals surface area contributed by atoms with Crippen LogP contribution in [0.1, 0.15) is 58.3 Å². The molecule has 0 saturated carbocycles. The number of ketones is 1. The number of carbonyl (C=O) groups excluding carboxylic acids is 1. The molecule has 0 amide bonds. The average Bonchev–Trinajstić information content (AvgIpc) is 3.24. The molecule has 134 valence electrons. The Bertz CT molecular complexity index is 1060. The maximum atomic E-state index is 13.0. The molecule has 2 heterocycles. The van der Waals surface area contributed by atoms with E-state index in [0.29, 0.717) is 17.9 Å². The third-order valence-corrected chi connectivity index (χ3v) is 5.64. The van der Waals surface area contributed by atoms with Gasteiger partial charge in [-0.2, -0.15) is 0 Å². The number of nitrogens with zero attached hydrogens (tertiary/aromatic N) is 1. The summed E-state index contributed by atoms with van der Waals surface area (Å²) in [6, 6.07) is 12.1. The molecule has 0 fully saturated rings. The monoisotopic (exact) mass is 355 g/mol. The zero-order valence-electron chi connectivity index (χ0n) is 15.4. The summed E-state index contributed by atoms with van der Waals surface area (Å²) in [7, 11) is 0. The molecule has 0 saturated heterocycles. The second-order valence-corrected chi connectivity index (χ2v) is 7.41. The predicted molar refractivity (Wildman–Crippen MR) is 107 cm³/mol. The van der Waals surface area contributed by atoms with E-state index in [-0.39, 0.29) is 5.78 Å². The van der Waals surface area contributed by atoms with E-state index in [1.807, 2.05) is 36.4 Å². The van der Waals surface area contributed by atoms with Crippen molar-refractivity contribution in [3.8, 4) is 5.75 Å². The van der Waals surface area contributed by atoms with Gasteiger partial charge in [0.1, 0.15) is 5.75 Å². The van der Waals surface area contributed by atoms with Crippen LogP contribution in [0, 0.1) is 6.92 Å². The van der Waals surface area contributed by atoms with Crippen molar-refractivity contribution < 1.29 is 9.53 Å². The van der Waals surface area contributed by atoms with Gasteiger partial charge in [0.05, 0.1) is 17.8 Å². The Balaban J connectivity index is 1.56. The highest BCUT2D eigenvalue weighted by atomic mass is 16.5. The number of aryl methyl sites for hydroxylation is 1. The van der Waals surface area contributed by atoms with Crippen molar-refractivity contribution in [2.24, 2.45) is 4.99 Å². The van der Waals surface area contributed by atoms with E-state index in [2.05, 4.69) is 24.1 Å². The van der Waals surface area contributed by atoms with Gasteiger partial charge < -0.3 is 4.74 Å². The highest BCUT2D eigenvalue weighted by Crippen LogP contribution is 2.42. The van der Waals surface area contributed by atoms with Crippen molar-refractivity contribution >= 4 is 17.1 Å². The molecule has 0 N–H and O–H groups in total. The minimum absolute atomic E-state index is 0.0465. The normalized spacial score (nSPS) is 19.4. The molecule has 0 unspecified atom stereocenters. The number of allylic oxidation sites excluding steroid dienone is 4. The van der Waals surface area contributed by atoms with Crippen LogP contribution in [0.5, 0.6) is 5.75 Å². The van der Waals surface area contributed by atoms with Crippen LogP contribution < -0.4 is 4.74 Å². The summed E-state index contributed by atoms with van der Waals surface area (Å²) in [6.07, 6.45) is 8.69. The van der Waals surface area contributed by atoms with Gasteiger partial charge in [0.2, 0.25) is 5.78 Å². The summed E-state index contributed by atoms with van der Waals surface area (Å²) in [4.78, 5) is 17.6. The number of hydrogen-bond acceptors (Lipinski definition) is 3. The Morgan fingerprint density at radius 2 is 1.96 bits per heavy atom. The summed E-state index contributed by atoms with van der Waals surface area (Å²) < 4.78 is 6.15. The van der Waals surface area contributed by atoms with E-state index in [1.165, 1.54) is 29.5 Å². The fourth-order valence-electron chi connectivity index (χ4n) is 4.23. The SMILES string of the molecule is Cc1ccc2c(c1C1=CCCCC1)O/C(=C\C1=NCc3ccccc31)C2=O. The largest absolute Gasteiger partial charge is 0.452 e. The number of hydrogen-bond donors (Lipinski definition) is 0. The lowest BCUT2D eigenvalue weighted by atomic mass is 9.89. The second-order valence-electron chi connectivity index (χ2n) is 7.41. The van der Waals surface area contributed by atoms with Gasteiger partial charge in [-0.15, -0.1) is 0 Å². The molecule has 0 spiro atoms. The number of Topliss-reactive ketones (excluding diaryl/α,β-unsaturated/α-hetero) is 1. The summed E-state index contributed by atoms with van der Waals surface area (Å²) >= 11 is 0. The molecule has 0 atom stereocenters. The molecular formula is C24H21NO2. The Kier molecular flexibility index (Phi) is 3.82. The van der Waals surface area contributed by atoms with Crippen LogP contribution in [0.25, 0.3) is 5.57 Å². The van der Waals surface area contributed by atoms with Crippen LogP contribution in [0.3, 0.4) is 0 Å². The van der Waals surface area contributed by atoms with E-state index in [4.69, 9.17) is 4.74 Å². The standard InChI is InChI=1S/C24H21NO2/c1-15-11-12-19-23(26)21(13-20-18-10-6-5-9-17(18)14-25-20)27-24(19)22(15)16-7-3-2-4-8-16/h5-7,9-13H,2-4,8,14H2,1H3/b21-13-. The van der Waals surface area contributed by atoms with Crippen molar-refractivity contribution in [2.75, 3.05) is 0 Å². The smallest absolute Gasteiger partial charge is 0.232 e. The van der Waals surface area contributed by atoms with Crippen molar-refractivity contribution in [1.82, 2.24) is 0 Å². The van der Waals surface area contributed by atoms with Gasteiger partial charge in [-0.1, -0.05) is 36.4 Å². The molecule has 5 rings (SSSR count). The van der Waals surface area contributed by atoms with Crippen LogP contribution in [-0.4, -0.2) is 11.5 Å². The molecule has 2 aromatic carbocycles. The maximum absolute atomic E-state index is 13.0. The molecule has 3 heteroatoms. The first-order valence-corrected chi connectivity index (χ1v) is 9.62. The van der Waals surface area contributed by atoms with Gasteiger partial charge in [-0.25, -0.2) is 0 Å². The minimum Gasteiger partial charge on any atom is -0.452 e. The predicted octanol–water partition coefficient (Wildman–Crippen LogP) is 5.41. The average molecular weight is 355 g/mol. The van der Waals surface area contributed by atoms with Gasteiger partial charge >= 0.3 is 0 Å². The van der Waals surface area contributed by atoms with Gasteiger partial charge in [-0.3, -0.25) is 9.79 Å². The Hall–Kier alpha value is -2.94. The van der Waals surface area contributed by atoms with Crippen molar-refractivity contribution in [3.63, 3.8) is 0 Å². The number of benzene rings is 2. The molecule has 1 aliphatic carbocycles. The number of fused-ring (bicyclic) bond motifs is 2. The van der Waals surface area contributed by atoms with Crippen molar-refractivity contribution in [1.29, 1.82) is 0 Å². The fourth-order valence-corrected chi connectivity index (χ4v) is 4.23. The quantitative estimate of drug-likeness (QED) is 0.675. The number of carbonyl (C=O) groups is 1. The molecule has 27 heavy (non-hydrogen) atoms. The minimum atomic E-state index is -0.0465. The van der Waals surface area contributed by atoms with Gasteiger partial charge in [0, 0.05) is 17.2 Å². The number of ether oxygens (including phenoxy) is 1. The van der Waals surface area contributed by atoms with Crippen LogP contribution in [-0.2, 0) is 6.54 Å². The van der Waals surface area contributed by atoms with Crippen LogP contribution in [0.15, 0.2) is 59.3 Å². The third-order valence-electron chi connectivity index (χ3n) is 5.64. The van der Waals surface area contributed by atoms with Crippen molar-refractivity contribution in [3.05, 3.63) is 82.1 Å². The maximum Gasteiger partial charge on any atom is 0.232 e. The number of rotatable bonds is 2. The first kappa shape index (κ1) is 16.2. The highest BCUT2D eigenvalue weighted by molar-refractivity contribution is 6.19. The van der Waals surface area contributed by atoms with Gasteiger partial charge in [0.15, 0.2) is 5.76 Å². The van der Waals surface area contributed by atoms with Crippen molar-refractivity contribution in [2.45, 2.75) is 39.2 Å². The Morgan fingerprint density at radius 3 is 2.81 bits per heavy atom. The van der Waals surface area contributed by atoms with E-state index < -0.39 is 0 Å². The molecular weight excluding hydrogens is 334 g/mol. The molecule has 2 aromatic rings. The first-order chi connectivity index (χ1) is 13.2. The molecule has 2 aliphatic heterocycles. The zero-order chi connectivity index (χ0) is 18.4. The summed E-state index contributed by atoms with van der Waals surface area (Å²) in [5.74, 6) is 1.06. The lowest BCUT2D eigenvalue weighted by Gasteiger charge is -2.17. The van der Waals surface area contributed by atoms with Gasteiger partial charge in [0.25, 0.3) is 0 Å². The topological polar surface area (TPSA) is 38.7 Å². The Labute approximate surface area is 159 Å². The lowest BCUT2D eigenvalue weighted by Crippen LogP contribution is -2.03. The van der Waals surface area contributed by atoms with E-state index >= 15 is 0 Å². The second kappa shape index (κ2) is 6.34. The first-order valence-electron chi connectivity index (χ1n) is 9.62. The van der Waals surface area contributed by atoms with Crippen LogP contribution in [0.4, 0.5) is 0 Å². The molecule has 0 radical (unpaired) electrons. The summed E-state index contributed by atoms with van der Waals surface area (Å²) in [6.45, 7) is 2.76. The highest BCUT2D eigenvalue weighted by Gasteiger charge is 2.32. The Morgan fingerprint density at radius 1 is 1.07 bits per heavy atom. The lowest BCUT2D eigenvalue weighted by molar-refractivity contribution is 0.101. The third kappa shape index (κ3) is 2.66. The summed E-state index contributed by atoms with van der Waals surface area (Å²) in [5.41, 5.74) is 7.36. The number of aliphatic imine (C=N–C) groups is 1. The van der Waals surface area contributed by atoms with Gasteiger partial charge in [-0.05, 0) is 55.4 Å². The van der Waals surface area contributed by atoms with E-state index in [9.17, 15) is 4.79 Å².